The molecular weight excluding hydrogens is 300 g/mol. The van der Waals surface area contributed by atoms with Crippen LogP contribution in [0.2, 0.25) is 5.02 Å². The van der Waals surface area contributed by atoms with Crippen molar-refractivity contribution in [2.24, 2.45) is 7.05 Å². The van der Waals surface area contributed by atoms with Crippen LogP contribution in [-0.2, 0) is 23.6 Å². The summed E-state index contributed by atoms with van der Waals surface area (Å²) in [5.41, 5.74) is 1.76. The molecule has 116 valence electrons. The summed E-state index contributed by atoms with van der Waals surface area (Å²) in [5, 5.41) is 8.19. The van der Waals surface area contributed by atoms with Crippen LogP contribution in [0.25, 0.3) is 0 Å². The SMILES string of the molecule is CCN(CCCNCc1c(Cl)c(C)nn1C)S(C)(=O)=O. The molecule has 0 spiro atoms. The van der Waals surface area contributed by atoms with Crippen molar-refractivity contribution in [1.82, 2.24) is 19.4 Å². The number of hydrogen-bond acceptors (Lipinski definition) is 4. The topological polar surface area (TPSA) is 67.2 Å². The Labute approximate surface area is 126 Å². The number of halogens is 1. The van der Waals surface area contributed by atoms with E-state index in [4.69, 9.17) is 11.6 Å². The van der Waals surface area contributed by atoms with Crippen LogP contribution in [0.5, 0.6) is 0 Å². The fourth-order valence-corrected chi connectivity index (χ4v) is 3.17. The summed E-state index contributed by atoms with van der Waals surface area (Å²) in [6.45, 7) is 6.10. The van der Waals surface area contributed by atoms with Gasteiger partial charge in [0.25, 0.3) is 0 Å². The molecular formula is C12H23ClN4O2S. The first-order valence-electron chi connectivity index (χ1n) is 6.61. The second-order valence-corrected chi connectivity index (χ2v) is 7.12. The van der Waals surface area contributed by atoms with Gasteiger partial charge in [-0.2, -0.15) is 5.10 Å². The third-order valence-corrected chi connectivity index (χ3v) is 5.01. The van der Waals surface area contributed by atoms with E-state index in [0.29, 0.717) is 24.7 Å². The molecule has 0 aliphatic carbocycles. The number of aryl methyl sites for hydroxylation is 2. The standard InChI is InChI=1S/C12H23ClN4O2S/c1-5-17(20(4,18)19)8-6-7-14-9-11-12(13)10(2)15-16(11)3/h14H,5-9H2,1-4H3. The van der Waals surface area contributed by atoms with Crippen molar-refractivity contribution in [2.75, 3.05) is 25.9 Å². The Hall–Kier alpha value is -0.630. The van der Waals surface area contributed by atoms with Gasteiger partial charge in [0, 0.05) is 26.7 Å². The van der Waals surface area contributed by atoms with Gasteiger partial charge < -0.3 is 5.32 Å². The molecule has 1 aromatic rings. The van der Waals surface area contributed by atoms with Crippen LogP contribution in [0.1, 0.15) is 24.7 Å². The number of nitrogens with zero attached hydrogens (tertiary/aromatic N) is 3. The van der Waals surface area contributed by atoms with Crippen LogP contribution in [0.4, 0.5) is 0 Å². The van der Waals surface area contributed by atoms with Gasteiger partial charge in [-0.1, -0.05) is 18.5 Å². The molecule has 0 saturated carbocycles. The maximum atomic E-state index is 11.4. The highest BCUT2D eigenvalue weighted by molar-refractivity contribution is 7.88. The first-order chi connectivity index (χ1) is 9.27. The summed E-state index contributed by atoms with van der Waals surface area (Å²) in [6, 6.07) is 0. The van der Waals surface area contributed by atoms with Gasteiger partial charge in [0.1, 0.15) is 0 Å². The Morgan fingerprint density at radius 3 is 2.55 bits per heavy atom. The van der Waals surface area contributed by atoms with Gasteiger partial charge in [0.15, 0.2) is 0 Å². The Bertz CT molecular complexity index is 542. The molecule has 0 amide bonds. The van der Waals surface area contributed by atoms with Gasteiger partial charge in [-0.25, -0.2) is 12.7 Å². The largest absolute Gasteiger partial charge is 0.311 e. The lowest BCUT2D eigenvalue weighted by atomic mass is 10.3. The fraction of sp³-hybridized carbons (Fsp3) is 0.750. The van der Waals surface area contributed by atoms with Crippen LogP contribution in [-0.4, -0.2) is 48.4 Å². The molecule has 1 aromatic heterocycles. The molecule has 0 bridgehead atoms. The van der Waals surface area contributed by atoms with Crippen LogP contribution >= 0.6 is 11.6 Å². The molecule has 0 aliphatic rings. The first-order valence-corrected chi connectivity index (χ1v) is 8.83. The average molecular weight is 323 g/mol. The van der Waals surface area contributed by atoms with Crippen molar-refractivity contribution in [3.8, 4) is 0 Å². The molecule has 0 aromatic carbocycles. The van der Waals surface area contributed by atoms with E-state index in [1.54, 1.807) is 4.68 Å². The van der Waals surface area contributed by atoms with Gasteiger partial charge in [0.2, 0.25) is 10.0 Å². The van der Waals surface area contributed by atoms with Gasteiger partial charge in [-0.05, 0) is 19.9 Å². The number of rotatable bonds is 8. The predicted molar refractivity (Wildman–Crippen MR) is 81.4 cm³/mol. The van der Waals surface area contributed by atoms with Gasteiger partial charge in [-0.3, -0.25) is 4.68 Å². The van der Waals surface area contributed by atoms with Crippen molar-refractivity contribution < 1.29 is 8.42 Å². The zero-order valence-electron chi connectivity index (χ0n) is 12.5. The minimum atomic E-state index is -3.09. The van der Waals surface area contributed by atoms with Crippen LogP contribution in [0.3, 0.4) is 0 Å². The van der Waals surface area contributed by atoms with Crippen LogP contribution in [0, 0.1) is 6.92 Å². The van der Waals surface area contributed by atoms with E-state index in [0.717, 1.165) is 24.4 Å². The van der Waals surface area contributed by atoms with E-state index >= 15 is 0 Å². The molecule has 20 heavy (non-hydrogen) atoms. The van der Waals surface area contributed by atoms with Crippen molar-refractivity contribution in [3.05, 3.63) is 16.4 Å². The highest BCUT2D eigenvalue weighted by Crippen LogP contribution is 2.18. The van der Waals surface area contributed by atoms with E-state index in [1.165, 1.54) is 10.6 Å². The lowest BCUT2D eigenvalue weighted by molar-refractivity contribution is 0.418. The summed E-state index contributed by atoms with van der Waals surface area (Å²) in [4.78, 5) is 0. The zero-order valence-corrected chi connectivity index (χ0v) is 14.1. The van der Waals surface area contributed by atoms with Gasteiger partial charge >= 0.3 is 0 Å². The van der Waals surface area contributed by atoms with Gasteiger partial charge in [-0.15, -0.1) is 0 Å². The molecule has 0 saturated heterocycles. The van der Waals surface area contributed by atoms with E-state index in [9.17, 15) is 8.42 Å². The molecule has 0 atom stereocenters. The fourth-order valence-electron chi connectivity index (χ4n) is 2.02. The second-order valence-electron chi connectivity index (χ2n) is 4.75. The van der Waals surface area contributed by atoms with E-state index in [-0.39, 0.29) is 0 Å². The Morgan fingerprint density at radius 1 is 1.45 bits per heavy atom. The first kappa shape index (κ1) is 17.4. The Balaban J connectivity index is 2.36. The molecule has 8 heteroatoms. The molecule has 0 unspecified atom stereocenters. The van der Waals surface area contributed by atoms with Crippen molar-refractivity contribution in [1.29, 1.82) is 0 Å². The molecule has 0 fully saturated rings. The minimum absolute atomic E-state index is 0.506. The summed E-state index contributed by atoms with van der Waals surface area (Å²) in [6.07, 6.45) is 2.00. The quantitative estimate of drug-likeness (QED) is 0.729. The van der Waals surface area contributed by atoms with Crippen LogP contribution < -0.4 is 5.32 Å². The maximum absolute atomic E-state index is 11.4. The lowest BCUT2D eigenvalue weighted by Gasteiger charge is -2.17. The number of hydrogen-bond donors (Lipinski definition) is 1. The van der Waals surface area contributed by atoms with E-state index < -0.39 is 10.0 Å². The van der Waals surface area contributed by atoms with E-state index in [2.05, 4.69) is 10.4 Å². The maximum Gasteiger partial charge on any atom is 0.211 e. The van der Waals surface area contributed by atoms with Gasteiger partial charge in [0.05, 0.1) is 22.7 Å². The Kier molecular flexibility index (Phi) is 6.44. The molecule has 1 rings (SSSR count). The zero-order chi connectivity index (χ0) is 15.3. The summed E-state index contributed by atoms with van der Waals surface area (Å²) >= 11 is 6.15. The highest BCUT2D eigenvalue weighted by Gasteiger charge is 2.13. The summed E-state index contributed by atoms with van der Waals surface area (Å²) < 4.78 is 26.1. The van der Waals surface area contributed by atoms with Crippen molar-refractivity contribution in [2.45, 2.75) is 26.8 Å². The minimum Gasteiger partial charge on any atom is -0.311 e. The lowest BCUT2D eigenvalue weighted by Crippen LogP contribution is -2.32. The highest BCUT2D eigenvalue weighted by atomic mass is 35.5. The number of sulfonamides is 1. The predicted octanol–water partition coefficient (Wildman–Crippen LogP) is 1.14. The molecule has 1 N–H and O–H groups in total. The third-order valence-electron chi connectivity index (χ3n) is 3.14. The number of nitrogens with one attached hydrogen (secondary N) is 1. The monoisotopic (exact) mass is 322 g/mol. The Morgan fingerprint density at radius 2 is 2.10 bits per heavy atom. The van der Waals surface area contributed by atoms with Crippen molar-refractivity contribution in [3.63, 3.8) is 0 Å². The average Bonchev–Trinajstić information content (AvgIpc) is 2.58. The smallest absolute Gasteiger partial charge is 0.211 e. The summed E-state index contributed by atoms with van der Waals surface area (Å²) in [7, 11) is -1.23. The second kappa shape index (κ2) is 7.40. The molecule has 6 nitrogen and oxygen atoms in total. The van der Waals surface area contributed by atoms with Crippen LogP contribution in [0.15, 0.2) is 0 Å². The molecule has 1 heterocycles. The van der Waals surface area contributed by atoms with Crippen molar-refractivity contribution >= 4 is 21.6 Å². The normalized spacial score (nSPS) is 12.3. The molecule has 0 aliphatic heterocycles. The third kappa shape index (κ3) is 4.73. The summed E-state index contributed by atoms with van der Waals surface area (Å²) in [5.74, 6) is 0. The number of aromatic nitrogens is 2. The molecule has 0 radical (unpaired) electrons. The van der Waals surface area contributed by atoms with E-state index in [1.807, 2.05) is 20.9 Å².